The van der Waals surface area contributed by atoms with Crippen LogP contribution in [0.25, 0.3) is 0 Å². The van der Waals surface area contributed by atoms with E-state index in [1.54, 1.807) is 6.07 Å². The predicted octanol–water partition coefficient (Wildman–Crippen LogP) is 3.00. The first kappa shape index (κ1) is 29.4. The highest BCUT2D eigenvalue weighted by molar-refractivity contribution is 7.92. The van der Waals surface area contributed by atoms with E-state index in [4.69, 9.17) is 9.47 Å². The minimum atomic E-state index is -3.99. The van der Waals surface area contributed by atoms with Crippen molar-refractivity contribution in [2.24, 2.45) is 0 Å². The van der Waals surface area contributed by atoms with Crippen LogP contribution < -0.4 is 19.1 Å². The fraction of sp³-hybridized carbons (Fsp3) is 0.286. The maximum atomic E-state index is 13.9. The van der Waals surface area contributed by atoms with Gasteiger partial charge in [0, 0.05) is 26.1 Å². The van der Waals surface area contributed by atoms with Gasteiger partial charge >= 0.3 is 0 Å². The molecule has 0 spiro atoms. The van der Waals surface area contributed by atoms with Gasteiger partial charge in [0.1, 0.15) is 29.9 Å². The number of ether oxygens (including phenoxy) is 2. The van der Waals surface area contributed by atoms with Gasteiger partial charge in [-0.25, -0.2) is 12.8 Å². The Labute approximate surface area is 228 Å². The summed E-state index contributed by atoms with van der Waals surface area (Å²) in [5.74, 6) is -0.941. The number of carbonyl (C=O) groups excluding carboxylic acids is 2. The predicted molar refractivity (Wildman–Crippen MR) is 147 cm³/mol. The molecule has 0 bridgehead atoms. The summed E-state index contributed by atoms with van der Waals surface area (Å²) < 4.78 is 51.0. The summed E-state index contributed by atoms with van der Waals surface area (Å²) in [6.07, 6.45) is 1.15. The first-order valence-corrected chi connectivity index (χ1v) is 13.9. The molecule has 0 heterocycles. The second-order valence-electron chi connectivity index (χ2n) is 8.78. The zero-order valence-electron chi connectivity index (χ0n) is 22.3. The fourth-order valence-electron chi connectivity index (χ4n) is 4.09. The van der Waals surface area contributed by atoms with Crippen LogP contribution >= 0.6 is 0 Å². The average molecular weight is 558 g/mol. The van der Waals surface area contributed by atoms with E-state index in [1.807, 2.05) is 30.3 Å². The van der Waals surface area contributed by atoms with Gasteiger partial charge < -0.3 is 19.7 Å². The SMILES string of the molecule is CNC(=O)[C@H](Cc1ccccc1)N(Cc1ccc(F)cc1)C(=O)CN(c1cc(OC)ccc1OC)S(C)(=O)=O. The average Bonchev–Trinajstić information content (AvgIpc) is 2.93. The Bertz CT molecular complexity index is 1380. The van der Waals surface area contributed by atoms with Crippen molar-refractivity contribution in [3.05, 3.63) is 89.7 Å². The molecule has 9 nitrogen and oxygen atoms in total. The first-order chi connectivity index (χ1) is 18.6. The Kier molecular flexibility index (Phi) is 9.89. The molecule has 39 heavy (non-hydrogen) atoms. The highest BCUT2D eigenvalue weighted by atomic mass is 32.2. The van der Waals surface area contributed by atoms with Gasteiger partial charge in [-0.3, -0.25) is 13.9 Å². The van der Waals surface area contributed by atoms with E-state index in [2.05, 4.69) is 5.32 Å². The highest BCUT2D eigenvalue weighted by Crippen LogP contribution is 2.34. The molecular formula is C28H32FN3O6S. The second kappa shape index (κ2) is 13.1. The molecule has 0 aliphatic rings. The maximum Gasteiger partial charge on any atom is 0.244 e. The number of nitrogens with one attached hydrogen (secondary N) is 1. The topological polar surface area (TPSA) is 105 Å². The minimum absolute atomic E-state index is 0.0586. The van der Waals surface area contributed by atoms with Gasteiger partial charge in [0.15, 0.2) is 0 Å². The lowest BCUT2D eigenvalue weighted by Gasteiger charge is -2.33. The summed E-state index contributed by atoms with van der Waals surface area (Å²) in [6, 6.07) is 18.3. The van der Waals surface area contributed by atoms with Crippen LogP contribution in [0.5, 0.6) is 11.5 Å². The van der Waals surface area contributed by atoms with Crippen molar-refractivity contribution >= 4 is 27.5 Å². The Balaban J connectivity index is 2.07. The summed E-state index contributed by atoms with van der Waals surface area (Å²) >= 11 is 0. The van der Waals surface area contributed by atoms with Crippen LogP contribution in [0.1, 0.15) is 11.1 Å². The van der Waals surface area contributed by atoms with Crippen LogP contribution in [0.15, 0.2) is 72.8 Å². The number of carbonyl (C=O) groups is 2. The minimum Gasteiger partial charge on any atom is -0.497 e. The molecule has 0 aromatic heterocycles. The Morgan fingerprint density at radius 2 is 1.62 bits per heavy atom. The van der Waals surface area contributed by atoms with E-state index in [0.717, 1.165) is 16.1 Å². The molecule has 3 rings (SSSR count). The van der Waals surface area contributed by atoms with E-state index in [1.165, 1.54) is 62.6 Å². The van der Waals surface area contributed by atoms with Crippen LogP contribution in [-0.4, -0.2) is 65.2 Å². The number of benzene rings is 3. The highest BCUT2D eigenvalue weighted by Gasteiger charge is 2.33. The number of hydrogen-bond acceptors (Lipinski definition) is 6. The number of methoxy groups -OCH3 is 2. The van der Waals surface area contributed by atoms with Crippen molar-refractivity contribution in [1.29, 1.82) is 0 Å². The molecule has 11 heteroatoms. The smallest absolute Gasteiger partial charge is 0.244 e. The summed E-state index contributed by atoms with van der Waals surface area (Å²) in [7, 11) is 0.289. The number of halogens is 1. The monoisotopic (exact) mass is 557 g/mol. The van der Waals surface area contributed by atoms with Gasteiger partial charge in [-0.05, 0) is 35.4 Å². The Morgan fingerprint density at radius 1 is 0.949 bits per heavy atom. The largest absolute Gasteiger partial charge is 0.497 e. The molecule has 0 aliphatic carbocycles. The van der Waals surface area contributed by atoms with Crippen LogP contribution in [0.3, 0.4) is 0 Å². The second-order valence-corrected chi connectivity index (χ2v) is 10.7. The summed E-state index contributed by atoms with van der Waals surface area (Å²) in [5.41, 5.74) is 1.48. The normalized spacial score (nSPS) is 11.8. The van der Waals surface area contributed by atoms with Crippen molar-refractivity contribution in [3.63, 3.8) is 0 Å². The lowest BCUT2D eigenvalue weighted by Crippen LogP contribution is -2.52. The third-order valence-electron chi connectivity index (χ3n) is 6.12. The van der Waals surface area contributed by atoms with Crippen molar-refractivity contribution in [3.8, 4) is 11.5 Å². The van der Waals surface area contributed by atoms with Crippen molar-refractivity contribution in [1.82, 2.24) is 10.2 Å². The molecule has 0 radical (unpaired) electrons. The number of amides is 2. The molecule has 0 aliphatic heterocycles. The van der Waals surface area contributed by atoms with Crippen molar-refractivity contribution in [2.75, 3.05) is 38.4 Å². The number of likely N-dealkylation sites (N-methyl/N-ethyl adjacent to an activating group) is 1. The maximum absolute atomic E-state index is 13.9. The summed E-state index contributed by atoms with van der Waals surface area (Å²) in [4.78, 5) is 28.4. The molecule has 1 atom stereocenters. The Morgan fingerprint density at radius 3 is 2.18 bits per heavy atom. The Hall–Kier alpha value is -4.12. The molecule has 1 N–H and O–H groups in total. The third-order valence-corrected chi connectivity index (χ3v) is 7.24. The van der Waals surface area contributed by atoms with Gasteiger partial charge in [-0.15, -0.1) is 0 Å². The zero-order valence-corrected chi connectivity index (χ0v) is 23.1. The van der Waals surface area contributed by atoms with Crippen LogP contribution in [-0.2, 0) is 32.6 Å². The lowest BCUT2D eigenvalue weighted by atomic mass is 10.0. The molecule has 0 fully saturated rings. The summed E-state index contributed by atoms with van der Waals surface area (Å²) in [5, 5.41) is 2.60. The van der Waals surface area contributed by atoms with Crippen LogP contribution in [0.2, 0.25) is 0 Å². The van der Waals surface area contributed by atoms with Gasteiger partial charge in [-0.1, -0.05) is 42.5 Å². The quantitative estimate of drug-likeness (QED) is 0.367. The molecular weight excluding hydrogens is 525 g/mol. The van der Waals surface area contributed by atoms with Crippen molar-refractivity contribution < 1.29 is 31.9 Å². The molecule has 3 aromatic rings. The number of rotatable bonds is 12. The number of anilines is 1. The van der Waals surface area contributed by atoms with Crippen LogP contribution in [0, 0.1) is 5.82 Å². The molecule has 3 aromatic carbocycles. The first-order valence-electron chi connectivity index (χ1n) is 12.1. The molecule has 0 saturated heterocycles. The molecule has 208 valence electrons. The van der Waals surface area contributed by atoms with Gasteiger partial charge in [0.25, 0.3) is 0 Å². The molecule has 0 saturated carbocycles. The van der Waals surface area contributed by atoms with E-state index >= 15 is 0 Å². The van der Waals surface area contributed by atoms with E-state index in [9.17, 15) is 22.4 Å². The molecule has 2 amide bonds. The molecule has 0 unspecified atom stereocenters. The van der Waals surface area contributed by atoms with Crippen molar-refractivity contribution in [2.45, 2.75) is 19.0 Å². The third kappa shape index (κ3) is 7.70. The number of hydrogen-bond donors (Lipinski definition) is 1. The lowest BCUT2D eigenvalue weighted by molar-refractivity contribution is -0.139. The standard InChI is InChI=1S/C28H32FN3O6S/c1-30-28(34)25(16-20-8-6-5-7-9-20)31(18-21-10-12-22(29)13-11-21)27(33)19-32(39(4,35)36)24-17-23(37-2)14-15-26(24)38-3/h5-15,17,25H,16,18-19H2,1-4H3,(H,30,34)/t25-/m0/s1. The van der Waals surface area contributed by atoms with E-state index < -0.39 is 40.2 Å². The van der Waals surface area contributed by atoms with Crippen LogP contribution in [0.4, 0.5) is 10.1 Å². The van der Waals surface area contributed by atoms with E-state index in [-0.39, 0.29) is 24.4 Å². The van der Waals surface area contributed by atoms with Gasteiger partial charge in [-0.2, -0.15) is 0 Å². The van der Waals surface area contributed by atoms with Gasteiger partial charge in [0.05, 0.1) is 26.2 Å². The van der Waals surface area contributed by atoms with E-state index in [0.29, 0.717) is 11.3 Å². The number of nitrogens with zero attached hydrogens (tertiary/aromatic N) is 2. The number of sulfonamides is 1. The zero-order chi connectivity index (χ0) is 28.6. The fourth-order valence-corrected chi connectivity index (χ4v) is 4.94. The summed E-state index contributed by atoms with van der Waals surface area (Å²) in [6.45, 7) is -0.678. The van der Waals surface area contributed by atoms with Gasteiger partial charge in [0.2, 0.25) is 21.8 Å².